The SMILES string of the molecule is CCCC(CSCC1OCCO1)C(=O)O. The van der Waals surface area contributed by atoms with Gasteiger partial charge < -0.3 is 14.6 Å². The van der Waals surface area contributed by atoms with Crippen molar-refractivity contribution in [2.45, 2.75) is 26.1 Å². The number of hydrogen-bond donors (Lipinski definition) is 1. The van der Waals surface area contributed by atoms with E-state index in [0.29, 0.717) is 19.0 Å². The number of carbonyl (C=O) groups is 1. The number of rotatable bonds is 7. The maximum atomic E-state index is 10.8. The molecule has 5 heteroatoms. The van der Waals surface area contributed by atoms with E-state index >= 15 is 0 Å². The van der Waals surface area contributed by atoms with Crippen molar-refractivity contribution in [2.75, 3.05) is 24.7 Å². The van der Waals surface area contributed by atoms with E-state index in [-0.39, 0.29) is 12.2 Å². The molecule has 1 atom stereocenters. The summed E-state index contributed by atoms with van der Waals surface area (Å²) >= 11 is 1.60. The smallest absolute Gasteiger partial charge is 0.307 e. The number of ether oxygens (including phenoxy) is 2. The molecule has 0 bridgehead atoms. The van der Waals surface area contributed by atoms with E-state index < -0.39 is 5.97 Å². The first-order chi connectivity index (χ1) is 7.24. The third kappa shape index (κ3) is 4.86. The molecule has 1 fully saturated rings. The molecule has 0 amide bonds. The zero-order valence-corrected chi connectivity index (χ0v) is 9.79. The molecule has 0 spiro atoms. The van der Waals surface area contributed by atoms with Gasteiger partial charge in [0.2, 0.25) is 0 Å². The van der Waals surface area contributed by atoms with Crippen LogP contribution in [0, 0.1) is 5.92 Å². The highest BCUT2D eigenvalue weighted by atomic mass is 32.2. The maximum absolute atomic E-state index is 10.8. The quantitative estimate of drug-likeness (QED) is 0.725. The summed E-state index contributed by atoms with van der Waals surface area (Å²) in [5.41, 5.74) is 0. The van der Waals surface area contributed by atoms with E-state index in [1.807, 2.05) is 6.92 Å². The molecule has 1 rings (SSSR count). The molecule has 0 aliphatic carbocycles. The molecule has 0 saturated carbocycles. The summed E-state index contributed by atoms with van der Waals surface area (Å²) in [5, 5.41) is 8.92. The Balaban J connectivity index is 2.12. The first kappa shape index (κ1) is 12.8. The maximum Gasteiger partial charge on any atom is 0.307 e. The van der Waals surface area contributed by atoms with Gasteiger partial charge in [-0.05, 0) is 6.42 Å². The molecule has 0 aromatic carbocycles. The molecule has 0 radical (unpaired) electrons. The fourth-order valence-electron chi connectivity index (χ4n) is 1.44. The summed E-state index contributed by atoms with van der Waals surface area (Å²) in [5.74, 6) is 0.443. The Morgan fingerprint density at radius 2 is 2.20 bits per heavy atom. The van der Waals surface area contributed by atoms with E-state index in [2.05, 4.69) is 0 Å². The van der Waals surface area contributed by atoms with E-state index in [1.165, 1.54) is 0 Å². The molecular formula is C10H18O4S. The predicted octanol–water partition coefficient (Wildman–Crippen LogP) is 1.59. The molecular weight excluding hydrogens is 216 g/mol. The highest BCUT2D eigenvalue weighted by Gasteiger charge is 2.19. The van der Waals surface area contributed by atoms with E-state index in [9.17, 15) is 4.79 Å². The monoisotopic (exact) mass is 234 g/mol. The highest BCUT2D eigenvalue weighted by molar-refractivity contribution is 7.99. The van der Waals surface area contributed by atoms with Crippen molar-refractivity contribution < 1.29 is 19.4 Å². The lowest BCUT2D eigenvalue weighted by Crippen LogP contribution is -2.18. The summed E-state index contributed by atoms with van der Waals surface area (Å²) in [7, 11) is 0. The Labute approximate surface area is 94.3 Å². The number of thioether (sulfide) groups is 1. The largest absolute Gasteiger partial charge is 0.481 e. The van der Waals surface area contributed by atoms with Crippen molar-refractivity contribution in [3.63, 3.8) is 0 Å². The van der Waals surface area contributed by atoms with Gasteiger partial charge in [0.05, 0.1) is 19.1 Å². The van der Waals surface area contributed by atoms with Crippen LogP contribution in [0.25, 0.3) is 0 Å². The van der Waals surface area contributed by atoms with Gasteiger partial charge in [-0.1, -0.05) is 13.3 Å². The molecule has 1 saturated heterocycles. The molecule has 0 aromatic rings. The molecule has 88 valence electrons. The van der Waals surface area contributed by atoms with Crippen LogP contribution in [0.5, 0.6) is 0 Å². The van der Waals surface area contributed by atoms with Gasteiger partial charge in [0, 0.05) is 11.5 Å². The van der Waals surface area contributed by atoms with Crippen LogP contribution in [0.2, 0.25) is 0 Å². The van der Waals surface area contributed by atoms with Crippen LogP contribution < -0.4 is 0 Å². The van der Waals surface area contributed by atoms with Crippen LogP contribution in [-0.2, 0) is 14.3 Å². The Bertz CT molecular complexity index is 192. The van der Waals surface area contributed by atoms with Crippen molar-refractivity contribution in [2.24, 2.45) is 5.92 Å². The topological polar surface area (TPSA) is 55.8 Å². The second-order valence-electron chi connectivity index (χ2n) is 3.53. The van der Waals surface area contributed by atoms with E-state index in [4.69, 9.17) is 14.6 Å². The van der Waals surface area contributed by atoms with Gasteiger partial charge in [-0.15, -0.1) is 0 Å². The minimum absolute atomic E-state index is 0.133. The molecule has 1 aliphatic rings. The van der Waals surface area contributed by atoms with Gasteiger partial charge >= 0.3 is 5.97 Å². The van der Waals surface area contributed by atoms with E-state index in [0.717, 1.165) is 18.6 Å². The second-order valence-corrected chi connectivity index (χ2v) is 4.61. The van der Waals surface area contributed by atoms with Crippen LogP contribution in [0.4, 0.5) is 0 Å². The second kappa shape index (κ2) is 7.09. The first-order valence-electron chi connectivity index (χ1n) is 5.27. The molecule has 1 aliphatic heterocycles. The minimum atomic E-state index is -0.697. The lowest BCUT2D eigenvalue weighted by molar-refractivity contribution is -0.141. The van der Waals surface area contributed by atoms with Crippen molar-refractivity contribution in [3.05, 3.63) is 0 Å². The minimum Gasteiger partial charge on any atom is -0.481 e. The summed E-state index contributed by atoms with van der Waals surface area (Å²) < 4.78 is 10.5. The average molecular weight is 234 g/mol. The third-order valence-electron chi connectivity index (χ3n) is 2.25. The van der Waals surface area contributed by atoms with Crippen LogP contribution in [0.3, 0.4) is 0 Å². The predicted molar refractivity (Wildman–Crippen MR) is 59.1 cm³/mol. The first-order valence-corrected chi connectivity index (χ1v) is 6.43. The summed E-state index contributed by atoms with van der Waals surface area (Å²) in [6, 6.07) is 0. The Kier molecular flexibility index (Phi) is 6.05. The summed E-state index contributed by atoms with van der Waals surface area (Å²) in [6.07, 6.45) is 1.52. The highest BCUT2D eigenvalue weighted by Crippen LogP contribution is 2.17. The van der Waals surface area contributed by atoms with Crippen molar-refractivity contribution >= 4 is 17.7 Å². The number of hydrogen-bond acceptors (Lipinski definition) is 4. The van der Waals surface area contributed by atoms with Gasteiger partial charge in [-0.3, -0.25) is 4.79 Å². The van der Waals surface area contributed by atoms with Crippen molar-refractivity contribution in [3.8, 4) is 0 Å². The van der Waals surface area contributed by atoms with Crippen LogP contribution in [-0.4, -0.2) is 42.1 Å². The van der Waals surface area contributed by atoms with Gasteiger partial charge in [0.15, 0.2) is 6.29 Å². The molecule has 1 N–H and O–H groups in total. The Hall–Kier alpha value is -0.260. The molecule has 4 nitrogen and oxygen atoms in total. The van der Waals surface area contributed by atoms with E-state index in [1.54, 1.807) is 11.8 Å². The third-order valence-corrected chi connectivity index (χ3v) is 3.40. The zero-order chi connectivity index (χ0) is 11.1. The van der Waals surface area contributed by atoms with Gasteiger partial charge in [0.25, 0.3) is 0 Å². The fraction of sp³-hybridized carbons (Fsp3) is 0.900. The number of carboxylic acids is 1. The van der Waals surface area contributed by atoms with Crippen LogP contribution >= 0.6 is 11.8 Å². The fourth-order valence-corrected chi connectivity index (χ4v) is 2.55. The molecule has 15 heavy (non-hydrogen) atoms. The average Bonchev–Trinajstić information content (AvgIpc) is 2.69. The molecule has 1 unspecified atom stereocenters. The van der Waals surface area contributed by atoms with Crippen LogP contribution in [0.1, 0.15) is 19.8 Å². The lowest BCUT2D eigenvalue weighted by Gasteiger charge is -2.12. The number of carboxylic acid groups (broad SMARTS) is 1. The summed E-state index contributed by atoms with van der Waals surface area (Å²) in [6.45, 7) is 3.31. The van der Waals surface area contributed by atoms with Crippen LogP contribution in [0.15, 0.2) is 0 Å². The number of aliphatic carboxylic acids is 1. The van der Waals surface area contributed by atoms with Crippen molar-refractivity contribution in [1.82, 2.24) is 0 Å². The van der Waals surface area contributed by atoms with Gasteiger partial charge in [-0.25, -0.2) is 0 Å². The normalized spacial score (nSPS) is 19.3. The lowest BCUT2D eigenvalue weighted by atomic mass is 10.1. The molecule has 1 heterocycles. The van der Waals surface area contributed by atoms with Gasteiger partial charge in [-0.2, -0.15) is 11.8 Å². The Morgan fingerprint density at radius 1 is 1.53 bits per heavy atom. The Morgan fingerprint density at radius 3 is 2.73 bits per heavy atom. The standard InChI is InChI=1S/C10H18O4S/c1-2-3-8(10(11)12)6-15-7-9-13-4-5-14-9/h8-9H,2-7H2,1H3,(H,11,12). The summed E-state index contributed by atoms with van der Waals surface area (Å²) in [4.78, 5) is 10.8. The van der Waals surface area contributed by atoms with Crippen molar-refractivity contribution in [1.29, 1.82) is 0 Å². The van der Waals surface area contributed by atoms with Gasteiger partial charge in [0.1, 0.15) is 0 Å². The zero-order valence-electron chi connectivity index (χ0n) is 8.98. The molecule has 0 aromatic heterocycles.